The summed E-state index contributed by atoms with van der Waals surface area (Å²) in [7, 11) is -0.997. The predicted molar refractivity (Wildman–Crippen MR) is 85.3 cm³/mol. The van der Waals surface area contributed by atoms with Crippen molar-refractivity contribution < 1.29 is 13.4 Å². The molecule has 0 radical (unpaired) electrons. The molecule has 112 valence electrons. The number of aryl methyl sites for hydroxylation is 1. The van der Waals surface area contributed by atoms with E-state index < -0.39 is 10.8 Å². The summed E-state index contributed by atoms with van der Waals surface area (Å²) >= 11 is 6.05. The van der Waals surface area contributed by atoms with E-state index in [2.05, 4.69) is 5.32 Å². The third kappa shape index (κ3) is 4.19. The molecule has 1 N–H and O–H groups in total. The average molecular weight is 326 g/mol. The van der Waals surface area contributed by atoms with E-state index in [1.165, 1.54) is 0 Å². The van der Waals surface area contributed by atoms with Crippen LogP contribution >= 0.6 is 11.6 Å². The van der Waals surface area contributed by atoms with Gasteiger partial charge < -0.3 is 9.73 Å². The van der Waals surface area contributed by atoms with E-state index in [-0.39, 0.29) is 11.7 Å². The normalized spacial score (nSPS) is 12.1. The summed E-state index contributed by atoms with van der Waals surface area (Å²) in [5.74, 6) is 1.06. The van der Waals surface area contributed by atoms with Gasteiger partial charge in [-0.05, 0) is 35.9 Å². The minimum absolute atomic E-state index is 0.266. The summed E-state index contributed by atoms with van der Waals surface area (Å²) in [5, 5.41) is 3.28. The largest absolute Gasteiger partial charge is 0.456 e. The molecule has 0 aliphatic rings. The van der Waals surface area contributed by atoms with Gasteiger partial charge in [-0.1, -0.05) is 18.5 Å². The Kier molecular flexibility index (Phi) is 5.20. The lowest BCUT2D eigenvalue weighted by atomic mass is 10.2. The molecule has 2 aromatic rings. The Hall–Kier alpha value is -1.59. The lowest BCUT2D eigenvalue weighted by Gasteiger charge is -2.07. The lowest BCUT2D eigenvalue weighted by molar-refractivity contribution is 0.0995. The van der Waals surface area contributed by atoms with Crippen LogP contribution in [0.2, 0.25) is 5.02 Å². The average Bonchev–Trinajstić information content (AvgIpc) is 2.91. The van der Waals surface area contributed by atoms with Gasteiger partial charge in [0.15, 0.2) is 5.76 Å². The van der Waals surface area contributed by atoms with Gasteiger partial charge in [0.1, 0.15) is 5.76 Å². The van der Waals surface area contributed by atoms with Crippen LogP contribution in [0.25, 0.3) is 0 Å². The third-order valence-corrected chi connectivity index (χ3v) is 3.98. The van der Waals surface area contributed by atoms with Crippen molar-refractivity contribution in [3.05, 3.63) is 52.4 Å². The molecule has 6 heteroatoms. The van der Waals surface area contributed by atoms with Gasteiger partial charge in [-0.2, -0.15) is 0 Å². The number of nitrogens with one attached hydrogen (secondary N) is 1. The van der Waals surface area contributed by atoms with Crippen molar-refractivity contribution in [3.8, 4) is 0 Å². The summed E-state index contributed by atoms with van der Waals surface area (Å²) in [6.07, 6.45) is 2.34. The first-order valence-electron chi connectivity index (χ1n) is 6.48. The molecule has 0 aliphatic carbocycles. The summed E-state index contributed by atoms with van der Waals surface area (Å²) < 4.78 is 16.7. The maximum atomic E-state index is 12.1. The Morgan fingerprint density at radius 2 is 2.10 bits per heavy atom. The molecule has 1 atom stereocenters. The number of furan rings is 1. The van der Waals surface area contributed by atoms with Gasteiger partial charge >= 0.3 is 0 Å². The molecule has 0 saturated heterocycles. The Morgan fingerprint density at radius 3 is 2.71 bits per heavy atom. The molecular weight excluding hydrogens is 310 g/mol. The summed E-state index contributed by atoms with van der Waals surface area (Å²) in [6, 6.07) is 8.53. The zero-order chi connectivity index (χ0) is 15.4. The van der Waals surface area contributed by atoms with Crippen molar-refractivity contribution in [2.24, 2.45) is 0 Å². The summed E-state index contributed by atoms with van der Waals surface area (Å²) in [6.45, 7) is 1.96. The van der Waals surface area contributed by atoms with E-state index in [1.54, 1.807) is 36.6 Å². The van der Waals surface area contributed by atoms with Crippen LogP contribution in [-0.2, 0) is 23.0 Å². The van der Waals surface area contributed by atoms with Crippen molar-refractivity contribution in [2.45, 2.75) is 19.1 Å². The first-order valence-corrected chi connectivity index (χ1v) is 8.58. The van der Waals surface area contributed by atoms with Crippen LogP contribution in [0.3, 0.4) is 0 Å². The van der Waals surface area contributed by atoms with Gasteiger partial charge in [0, 0.05) is 39.9 Å². The molecule has 1 aromatic carbocycles. The van der Waals surface area contributed by atoms with Crippen LogP contribution in [0.5, 0.6) is 0 Å². The smallest absolute Gasteiger partial charge is 0.291 e. The van der Waals surface area contributed by atoms with Gasteiger partial charge in [-0.3, -0.25) is 9.00 Å². The van der Waals surface area contributed by atoms with Crippen LogP contribution in [0.4, 0.5) is 5.69 Å². The Morgan fingerprint density at radius 1 is 1.33 bits per heavy atom. The van der Waals surface area contributed by atoms with E-state index in [4.69, 9.17) is 16.0 Å². The van der Waals surface area contributed by atoms with Gasteiger partial charge in [0.2, 0.25) is 0 Å². The maximum Gasteiger partial charge on any atom is 0.291 e. The van der Waals surface area contributed by atoms with Gasteiger partial charge in [0.25, 0.3) is 5.91 Å². The molecule has 21 heavy (non-hydrogen) atoms. The number of benzene rings is 1. The second kappa shape index (κ2) is 6.91. The van der Waals surface area contributed by atoms with E-state index >= 15 is 0 Å². The first-order chi connectivity index (χ1) is 9.99. The molecule has 1 heterocycles. The molecule has 1 amide bonds. The fourth-order valence-corrected chi connectivity index (χ4v) is 2.81. The number of hydrogen-bond acceptors (Lipinski definition) is 3. The van der Waals surface area contributed by atoms with E-state index in [0.29, 0.717) is 16.5 Å². The monoisotopic (exact) mass is 325 g/mol. The van der Waals surface area contributed by atoms with Gasteiger partial charge in [-0.25, -0.2) is 0 Å². The lowest BCUT2D eigenvalue weighted by Crippen LogP contribution is -2.11. The zero-order valence-corrected chi connectivity index (χ0v) is 13.4. The molecular formula is C15H16ClNO3S. The number of rotatable bonds is 5. The van der Waals surface area contributed by atoms with Crippen LogP contribution in [0.1, 0.15) is 28.8 Å². The zero-order valence-electron chi connectivity index (χ0n) is 11.8. The SMILES string of the molecule is CCc1ccc(C(=O)Nc2ccc(Cl)c(C[S@@](C)=O)c2)o1. The number of carbonyl (C=O) groups is 1. The van der Waals surface area contributed by atoms with Crippen LogP contribution in [-0.4, -0.2) is 16.4 Å². The number of amides is 1. The van der Waals surface area contributed by atoms with Crippen molar-refractivity contribution in [3.63, 3.8) is 0 Å². The highest BCUT2D eigenvalue weighted by atomic mass is 35.5. The maximum absolute atomic E-state index is 12.1. The standard InChI is InChI=1S/C15H16ClNO3S/c1-3-12-5-7-14(20-12)15(18)17-11-4-6-13(16)10(8-11)9-21(2)19/h4-8H,3,9H2,1-2H3,(H,17,18)/t21-/m1/s1. The molecule has 1 aromatic heterocycles. The molecule has 0 spiro atoms. The first kappa shape index (κ1) is 15.8. The van der Waals surface area contributed by atoms with Gasteiger partial charge in [-0.15, -0.1) is 0 Å². The number of hydrogen-bond donors (Lipinski definition) is 1. The minimum atomic E-state index is -0.997. The second-order valence-corrected chi connectivity index (χ2v) is 6.44. The fraction of sp³-hybridized carbons (Fsp3) is 0.267. The Labute approximate surface area is 130 Å². The highest BCUT2D eigenvalue weighted by Crippen LogP contribution is 2.22. The highest BCUT2D eigenvalue weighted by molar-refractivity contribution is 7.83. The number of halogens is 1. The van der Waals surface area contributed by atoms with E-state index in [0.717, 1.165) is 17.7 Å². The van der Waals surface area contributed by atoms with Crippen LogP contribution in [0, 0.1) is 0 Å². The van der Waals surface area contributed by atoms with Crippen LogP contribution in [0.15, 0.2) is 34.7 Å². The summed E-state index contributed by atoms with van der Waals surface area (Å²) in [4.78, 5) is 12.1. The number of anilines is 1. The fourth-order valence-electron chi connectivity index (χ4n) is 1.86. The van der Waals surface area contributed by atoms with Gasteiger partial charge in [0.05, 0.1) is 0 Å². The molecule has 0 aliphatic heterocycles. The van der Waals surface area contributed by atoms with E-state index in [1.807, 2.05) is 6.92 Å². The topological polar surface area (TPSA) is 59.3 Å². The van der Waals surface area contributed by atoms with E-state index in [9.17, 15) is 9.00 Å². The third-order valence-electron chi connectivity index (χ3n) is 2.90. The molecule has 2 rings (SSSR count). The number of carbonyl (C=O) groups excluding carboxylic acids is 1. The highest BCUT2D eigenvalue weighted by Gasteiger charge is 2.12. The molecule has 0 saturated carbocycles. The molecule has 0 fully saturated rings. The molecule has 0 bridgehead atoms. The Bertz CT molecular complexity index is 681. The quantitative estimate of drug-likeness (QED) is 0.913. The minimum Gasteiger partial charge on any atom is -0.456 e. The van der Waals surface area contributed by atoms with Crippen molar-refractivity contribution in [2.75, 3.05) is 11.6 Å². The molecule has 4 nitrogen and oxygen atoms in total. The predicted octanol–water partition coefficient (Wildman–Crippen LogP) is 3.63. The second-order valence-electron chi connectivity index (χ2n) is 4.60. The van der Waals surface area contributed by atoms with Crippen molar-refractivity contribution >= 4 is 34.0 Å². The Balaban J connectivity index is 2.15. The van der Waals surface area contributed by atoms with Crippen molar-refractivity contribution in [1.29, 1.82) is 0 Å². The van der Waals surface area contributed by atoms with Crippen LogP contribution < -0.4 is 5.32 Å². The van der Waals surface area contributed by atoms with Crippen molar-refractivity contribution in [1.82, 2.24) is 0 Å². The summed E-state index contributed by atoms with van der Waals surface area (Å²) in [5.41, 5.74) is 1.34. The molecule has 0 unspecified atom stereocenters.